The molecule has 0 saturated heterocycles. The van der Waals surface area contributed by atoms with Gasteiger partial charge >= 0.3 is 0 Å². The van der Waals surface area contributed by atoms with Crippen molar-refractivity contribution < 1.29 is 27.4 Å². The van der Waals surface area contributed by atoms with Gasteiger partial charge in [-0.05, 0) is 48.6 Å². The molecule has 0 atom stereocenters. The Morgan fingerprint density at radius 3 is 2.45 bits per heavy atom. The molecule has 33 heavy (non-hydrogen) atoms. The first-order valence-corrected chi connectivity index (χ1v) is 11.8. The maximum atomic E-state index is 13.3. The van der Waals surface area contributed by atoms with Crippen LogP contribution in [0.15, 0.2) is 53.7 Å². The summed E-state index contributed by atoms with van der Waals surface area (Å²) < 4.78 is 46.5. The molecule has 4 rings (SSSR count). The number of carbonyl (C=O) groups excluding carboxylic acids is 1. The Balaban J connectivity index is 1.64. The quantitative estimate of drug-likeness (QED) is 0.511. The van der Waals surface area contributed by atoms with Crippen molar-refractivity contribution in [2.45, 2.75) is 30.2 Å². The summed E-state index contributed by atoms with van der Waals surface area (Å²) in [5.41, 5.74) is 1.72. The lowest BCUT2D eigenvalue weighted by molar-refractivity contribution is 0.0981. The van der Waals surface area contributed by atoms with Crippen LogP contribution in [0.5, 0.6) is 17.2 Å². The highest BCUT2D eigenvalue weighted by Gasteiger charge is 2.34. The molecule has 1 aliphatic carbocycles. The first-order chi connectivity index (χ1) is 15.9. The molecule has 1 aliphatic rings. The van der Waals surface area contributed by atoms with Gasteiger partial charge in [0.2, 0.25) is 0 Å². The number of sulfonamides is 1. The lowest BCUT2D eigenvalue weighted by Gasteiger charge is -2.17. The van der Waals surface area contributed by atoms with Crippen LogP contribution in [0, 0.1) is 0 Å². The second-order valence-electron chi connectivity index (χ2n) is 7.66. The standard InChI is InChI=1S/C23H25N3O6S/c1-30-19-10-9-18(15-5-6-15)21(32-3)22(19)33(28,29)25-23(27)16-7-8-17(20(13-16)31-2)14-26-12-4-11-24-26/h4,7-13,15H,5-6,14H2,1-3H3,(H,25,27). The van der Waals surface area contributed by atoms with Crippen molar-refractivity contribution in [1.29, 1.82) is 0 Å². The molecule has 10 heteroatoms. The van der Waals surface area contributed by atoms with Gasteiger partial charge in [0.15, 0.2) is 4.90 Å². The fourth-order valence-corrected chi connectivity index (χ4v) is 5.04. The first-order valence-electron chi connectivity index (χ1n) is 10.3. The molecular formula is C23H25N3O6S. The van der Waals surface area contributed by atoms with E-state index in [0.29, 0.717) is 12.3 Å². The third-order valence-corrected chi connectivity index (χ3v) is 6.86. The second-order valence-corrected chi connectivity index (χ2v) is 9.28. The largest absolute Gasteiger partial charge is 0.496 e. The van der Waals surface area contributed by atoms with Gasteiger partial charge in [-0.15, -0.1) is 0 Å². The monoisotopic (exact) mass is 471 g/mol. The van der Waals surface area contributed by atoms with E-state index in [2.05, 4.69) is 9.82 Å². The van der Waals surface area contributed by atoms with Gasteiger partial charge in [0.05, 0.1) is 27.9 Å². The average Bonchev–Trinajstić information content (AvgIpc) is 3.53. The number of hydrogen-bond acceptors (Lipinski definition) is 7. The fraction of sp³-hybridized carbons (Fsp3) is 0.304. The van der Waals surface area contributed by atoms with Crippen molar-refractivity contribution in [2.75, 3.05) is 21.3 Å². The van der Waals surface area contributed by atoms with Gasteiger partial charge in [0, 0.05) is 23.5 Å². The molecule has 1 N–H and O–H groups in total. The minimum absolute atomic E-state index is 0.101. The van der Waals surface area contributed by atoms with E-state index in [1.807, 2.05) is 6.20 Å². The van der Waals surface area contributed by atoms with Gasteiger partial charge in [0.25, 0.3) is 15.9 Å². The van der Waals surface area contributed by atoms with Crippen molar-refractivity contribution in [3.63, 3.8) is 0 Å². The third kappa shape index (κ3) is 4.65. The smallest absolute Gasteiger partial charge is 0.271 e. The van der Waals surface area contributed by atoms with E-state index in [-0.39, 0.29) is 27.9 Å². The normalized spacial score (nSPS) is 13.4. The van der Waals surface area contributed by atoms with Gasteiger partial charge in [-0.1, -0.05) is 12.1 Å². The van der Waals surface area contributed by atoms with E-state index in [1.54, 1.807) is 41.2 Å². The summed E-state index contributed by atoms with van der Waals surface area (Å²) >= 11 is 0. The summed E-state index contributed by atoms with van der Waals surface area (Å²) in [5, 5.41) is 4.16. The van der Waals surface area contributed by atoms with E-state index in [1.165, 1.54) is 27.4 Å². The molecule has 0 spiro atoms. The van der Waals surface area contributed by atoms with Gasteiger partial charge in [-0.25, -0.2) is 13.1 Å². The van der Waals surface area contributed by atoms with Crippen LogP contribution in [0.25, 0.3) is 0 Å². The summed E-state index contributed by atoms with van der Waals surface area (Å²) in [6.45, 7) is 0.443. The predicted octanol–water partition coefficient (Wildman–Crippen LogP) is 2.95. The van der Waals surface area contributed by atoms with Gasteiger partial charge in [0.1, 0.15) is 17.2 Å². The van der Waals surface area contributed by atoms with Crippen LogP contribution in [0.1, 0.15) is 40.2 Å². The van der Waals surface area contributed by atoms with Crippen LogP contribution in [-0.4, -0.2) is 45.4 Å². The topological polar surface area (TPSA) is 109 Å². The SMILES string of the molecule is COc1cc(C(=O)NS(=O)(=O)c2c(OC)ccc(C3CC3)c2OC)ccc1Cn1cccn1. The number of aromatic nitrogens is 2. The fourth-order valence-electron chi connectivity index (χ4n) is 3.72. The van der Waals surface area contributed by atoms with Gasteiger partial charge in [-0.2, -0.15) is 5.10 Å². The summed E-state index contributed by atoms with van der Waals surface area (Å²) in [5.74, 6) is 0.191. The van der Waals surface area contributed by atoms with Crippen LogP contribution in [0.2, 0.25) is 0 Å². The molecule has 1 fully saturated rings. The molecule has 3 aromatic rings. The molecule has 9 nitrogen and oxygen atoms in total. The van der Waals surface area contributed by atoms with Gasteiger partial charge < -0.3 is 14.2 Å². The minimum atomic E-state index is -4.30. The van der Waals surface area contributed by atoms with E-state index < -0.39 is 15.9 Å². The van der Waals surface area contributed by atoms with Crippen molar-refractivity contribution in [2.24, 2.45) is 0 Å². The molecule has 1 heterocycles. The predicted molar refractivity (Wildman–Crippen MR) is 120 cm³/mol. The van der Waals surface area contributed by atoms with Crippen LogP contribution < -0.4 is 18.9 Å². The number of methoxy groups -OCH3 is 3. The minimum Gasteiger partial charge on any atom is -0.496 e. The zero-order chi connectivity index (χ0) is 23.6. The highest BCUT2D eigenvalue weighted by molar-refractivity contribution is 7.90. The van der Waals surface area contributed by atoms with Gasteiger partial charge in [-0.3, -0.25) is 9.48 Å². The number of ether oxygens (including phenoxy) is 3. The number of amides is 1. The second kappa shape index (κ2) is 9.14. The maximum absolute atomic E-state index is 13.3. The zero-order valence-corrected chi connectivity index (χ0v) is 19.4. The number of rotatable bonds is 9. The summed E-state index contributed by atoms with van der Waals surface area (Å²) in [6, 6.07) is 9.94. The van der Waals surface area contributed by atoms with Crippen LogP contribution in [0.3, 0.4) is 0 Å². The van der Waals surface area contributed by atoms with Crippen LogP contribution in [0.4, 0.5) is 0 Å². The molecule has 2 aromatic carbocycles. The maximum Gasteiger partial charge on any atom is 0.271 e. The Bertz CT molecular complexity index is 1270. The van der Waals surface area contributed by atoms with Crippen LogP contribution >= 0.6 is 0 Å². The van der Waals surface area contributed by atoms with E-state index >= 15 is 0 Å². The number of hydrogen-bond donors (Lipinski definition) is 1. The molecule has 0 bridgehead atoms. The number of benzene rings is 2. The summed E-state index contributed by atoms with van der Waals surface area (Å²) in [6.07, 6.45) is 5.39. The summed E-state index contributed by atoms with van der Waals surface area (Å²) in [4.78, 5) is 12.7. The molecule has 174 valence electrons. The Morgan fingerprint density at radius 1 is 1.09 bits per heavy atom. The molecule has 1 amide bonds. The highest BCUT2D eigenvalue weighted by Crippen LogP contribution is 2.48. The lowest BCUT2D eigenvalue weighted by Crippen LogP contribution is -2.31. The Kier molecular flexibility index (Phi) is 6.28. The third-order valence-electron chi connectivity index (χ3n) is 5.48. The number of carbonyl (C=O) groups is 1. The van der Waals surface area contributed by atoms with Crippen LogP contribution in [-0.2, 0) is 16.6 Å². The van der Waals surface area contributed by atoms with Crippen molar-refractivity contribution >= 4 is 15.9 Å². The molecule has 0 unspecified atom stereocenters. The van der Waals surface area contributed by atoms with E-state index in [4.69, 9.17) is 14.2 Å². The average molecular weight is 472 g/mol. The van der Waals surface area contributed by atoms with Crippen molar-refractivity contribution in [3.05, 3.63) is 65.5 Å². The van der Waals surface area contributed by atoms with E-state index in [0.717, 1.165) is 24.0 Å². The summed E-state index contributed by atoms with van der Waals surface area (Å²) in [7, 11) is -0.0330. The zero-order valence-electron chi connectivity index (χ0n) is 18.6. The Hall–Kier alpha value is -3.53. The van der Waals surface area contributed by atoms with E-state index in [9.17, 15) is 13.2 Å². The Morgan fingerprint density at radius 2 is 1.85 bits per heavy atom. The molecule has 1 saturated carbocycles. The van der Waals surface area contributed by atoms with Crippen molar-refractivity contribution in [1.82, 2.24) is 14.5 Å². The molecule has 1 aromatic heterocycles. The van der Waals surface area contributed by atoms with Crippen molar-refractivity contribution in [3.8, 4) is 17.2 Å². The number of nitrogens with one attached hydrogen (secondary N) is 1. The first kappa shape index (κ1) is 22.7. The Labute approximate surface area is 192 Å². The molecule has 0 radical (unpaired) electrons. The molecular weight excluding hydrogens is 446 g/mol. The lowest BCUT2D eigenvalue weighted by atomic mass is 10.1. The number of nitrogens with zero attached hydrogens (tertiary/aromatic N) is 2. The molecule has 0 aliphatic heterocycles. The highest BCUT2D eigenvalue weighted by atomic mass is 32.2.